The van der Waals surface area contributed by atoms with Crippen molar-refractivity contribution >= 4 is 0 Å². The van der Waals surface area contributed by atoms with Crippen LogP contribution in [0.3, 0.4) is 0 Å². The molecule has 1 aliphatic rings. The van der Waals surface area contributed by atoms with Crippen molar-refractivity contribution in [3.63, 3.8) is 0 Å². The molecule has 1 aliphatic heterocycles. The van der Waals surface area contributed by atoms with Crippen molar-refractivity contribution in [3.05, 3.63) is 23.8 Å². The van der Waals surface area contributed by atoms with Crippen molar-refractivity contribution in [3.8, 4) is 11.5 Å². The lowest BCUT2D eigenvalue weighted by molar-refractivity contribution is 0.138. The van der Waals surface area contributed by atoms with Gasteiger partial charge in [-0.05, 0) is 12.1 Å². The van der Waals surface area contributed by atoms with Crippen molar-refractivity contribution < 1.29 is 14.6 Å². The molecule has 1 heterocycles. The largest absolute Gasteiger partial charge is 0.496 e. The summed E-state index contributed by atoms with van der Waals surface area (Å²) in [6.45, 7) is 0.329. The minimum atomic E-state index is -0.545. The molecule has 0 bridgehead atoms. The highest BCUT2D eigenvalue weighted by Crippen LogP contribution is 2.38. The first-order chi connectivity index (χ1) is 5.83. The Hall–Kier alpha value is -1.22. The van der Waals surface area contributed by atoms with E-state index in [1.54, 1.807) is 7.11 Å². The lowest BCUT2D eigenvalue weighted by Gasteiger charge is -2.06. The van der Waals surface area contributed by atoms with E-state index >= 15 is 0 Å². The number of ether oxygens (including phenoxy) is 2. The number of rotatable bonds is 1. The van der Waals surface area contributed by atoms with Gasteiger partial charge >= 0.3 is 0 Å². The summed E-state index contributed by atoms with van der Waals surface area (Å²) in [6, 6.07) is 5.49. The molecule has 1 atom stereocenters. The van der Waals surface area contributed by atoms with E-state index in [9.17, 15) is 5.11 Å². The van der Waals surface area contributed by atoms with Gasteiger partial charge in [0.05, 0.1) is 12.7 Å². The van der Waals surface area contributed by atoms with Gasteiger partial charge < -0.3 is 14.6 Å². The quantitative estimate of drug-likeness (QED) is 0.679. The average molecular weight is 166 g/mol. The maximum atomic E-state index is 9.49. The number of hydrogen-bond donors (Lipinski definition) is 1. The van der Waals surface area contributed by atoms with Gasteiger partial charge in [0.25, 0.3) is 0 Å². The molecule has 3 heteroatoms. The maximum absolute atomic E-state index is 9.49. The summed E-state index contributed by atoms with van der Waals surface area (Å²) < 4.78 is 10.3. The SMILES string of the molecule is COc1cccc2c1C(O)CO2. The summed E-state index contributed by atoms with van der Waals surface area (Å²) >= 11 is 0. The zero-order chi connectivity index (χ0) is 8.55. The number of aliphatic hydroxyl groups excluding tert-OH is 1. The fourth-order valence-electron chi connectivity index (χ4n) is 1.41. The van der Waals surface area contributed by atoms with Crippen LogP contribution in [0.1, 0.15) is 11.7 Å². The van der Waals surface area contributed by atoms with E-state index < -0.39 is 6.10 Å². The summed E-state index contributed by atoms with van der Waals surface area (Å²) in [4.78, 5) is 0. The monoisotopic (exact) mass is 166 g/mol. The Morgan fingerprint density at radius 2 is 2.42 bits per heavy atom. The predicted octanol–water partition coefficient (Wildman–Crippen LogP) is 1.12. The highest BCUT2D eigenvalue weighted by Gasteiger charge is 2.25. The molecule has 0 saturated heterocycles. The van der Waals surface area contributed by atoms with Gasteiger partial charge in [-0.15, -0.1) is 0 Å². The number of benzene rings is 1. The number of aliphatic hydroxyl groups is 1. The highest BCUT2D eigenvalue weighted by atomic mass is 16.5. The van der Waals surface area contributed by atoms with Crippen LogP contribution in [0.25, 0.3) is 0 Å². The van der Waals surface area contributed by atoms with E-state index in [-0.39, 0.29) is 0 Å². The molecular formula is C9H10O3. The van der Waals surface area contributed by atoms with Crippen LogP contribution in [0.5, 0.6) is 11.5 Å². The number of hydrogen-bond acceptors (Lipinski definition) is 3. The van der Waals surface area contributed by atoms with E-state index in [1.165, 1.54) is 0 Å². The Morgan fingerprint density at radius 1 is 1.58 bits per heavy atom. The molecule has 64 valence electrons. The van der Waals surface area contributed by atoms with E-state index in [4.69, 9.17) is 9.47 Å². The molecule has 12 heavy (non-hydrogen) atoms. The minimum absolute atomic E-state index is 0.329. The van der Waals surface area contributed by atoms with Crippen molar-refractivity contribution in [2.24, 2.45) is 0 Å². The normalized spacial score (nSPS) is 20.0. The zero-order valence-electron chi connectivity index (χ0n) is 6.78. The van der Waals surface area contributed by atoms with Gasteiger partial charge in [-0.3, -0.25) is 0 Å². The summed E-state index contributed by atoms with van der Waals surface area (Å²) in [7, 11) is 1.58. The van der Waals surface area contributed by atoms with Gasteiger partial charge in [0, 0.05) is 0 Å². The number of fused-ring (bicyclic) bond motifs is 1. The van der Waals surface area contributed by atoms with Gasteiger partial charge in [-0.25, -0.2) is 0 Å². The fourth-order valence-corrected chi connectivity index (χ4v) is 1.41. The Kier molecular flexibility index (Phi) is 1.66. The average Bonchev–Trinajstić information content (AvgIpc) is 2.48. The fraction of sp³-hybridized carbons (Fsp3) is 0.333. The molecule has 0 spiro atoms. The van der Waals surface area contributed by atoms with Gasteiger partial charge in [-0.1, -0.05) is 6.07 Å². The molecule has 3 nitrogen and oxygen atoms in total. The Labute approximate surface area is 70.5 Å². The third-order valence-corrected chi connectivity index (χ3v) is 1.98. The van der Waals surface area contributed by atoms with Crippen LogP contribution in [-0.2, 0) is 0 Å². The molecule has 1 unspecified atom stereocenters. The van der Waals surface area contributed by atoms with Gasteiger partial charge in [0.15, 0.2) is 0 Å². The second-order valence-corrected chi connectivity index (χ2v) is 2.70. The van der Waals surface area contributed by atoms with E-state index in [2.05, 4.69) is 0 Å². The molecule has 0 aliphatic carbocycles. The van der Waals surface area contributed by atoms with Crippen LogP contribution >= 0.6 is 0 Å². The minimum Gasteiger partial charge on any atom is -0.496 e. The summed E-state index contributed by atoms with van der Waals surface area (Å²) in [6.07, 6.45) is -0.545. The smallest absolute Gasteiger partial charge is 0.129 e. The van der Waals surface area contributed by atoms with Crippen molar-refractivity contribution in [1.29, 1.82) is 0 Å². The third-order valence-electron chi connectivity index (χ3n) is 1.98. The van der Waals surface area contributed by atoms with Crippen LogP contribution < -0.4 is 9.47 Å². The van der Waals surface area contributed by atoms with Crippen LogP contribution in [-0.4, -0.2) is 18.8 Å². The van der Waals surface area contributed by atoms with Gasteiger partial charge in [0.1, 0.15) is 24.2 Å². The standard InChI is InChI=1S/C9H10O3/c1-11-7-3-2-4-8-9(7)6(10)5-12-8/h2-4,6,10H,5H2,1H3. The van der Waals surface area contributed by atoms with Gasteiger partial charge in [0.2, 0.25) is 0 Å². The first kappa shape index (κ1) is 7.43. The highest BCUT2D eigenvalue weighted by molar-refractivity contribution is 5.48. The van der Waals surface area contributed by atoms with E-state index in [0.29, 0.717) is 12.4 Å². The van der Waals surface area contributed by atoms with E-state index in [1.807, 2.05) is 18.2 Å². The second-order valence-electron chi connectivity index (χ2n) is 2.70. The van der Waals surface area contributed by atoms with Gasteiger partial charge in [-0.2, -0.15) is 0 Å². The molecule has 1 aromatic carbocycles. The summed E-state index contributed by atoms with van der Waals surface area (Å²) in [5.74, 6) is 1.42. The molecular weight excluding hydrogens is 156 g/mol. The molecule has 0 aromatic heterocycles. The summed E-state index contributed by atoms with van der Waals surface area (Å²) in [5, 5.41) is 9.49. The van der Waals surface area contributed by atoms with Crippen molar-refractivity contribution in [1.82, 2.24) is 0 Å². The Balaban J connectivity index is 2.53. The van der Waals surface area contributed by atoms with Crippen LogP contribution in [0, 0.1) is 0 Å². The van der Waals surface area contributed by atoms with Crippen molar-refractivity contribution in [2.45, 2.75) is 6.10 Å². The van der Waals surface area contributed by atoms with Crippen molar-refractivity contribution in [2.75, 3.05) is 13.7 Å². The first-order valence-electron chi connectivity index (χ1n) is 3.80. The van der Waals surface area contributed by atoms with Crippen LogP contribution in [0.4, 0.5) is 0 Å². The predicted molar refractivity (Wildman–Crippen MR) is 43.4 cm³/mol. The lowest BCUT2D eigenvalue weighted by atomic mass is 10.1. The van der Waals surface area contributed by atoms with E-state index in [0.717, 1.165) is 11.3 Å². The third kappa shape index (κ3) is 0.940. The molecule has 2 rings (SSSR count). The topological polar surface area (TPSA) is 38.7 Å². The van der Waals surface area contributed by atoms with Crippen LogP contribution in [0.2, 0.25) is 0 Å². The lowest BCUT2D eigenvalue weighted by Crippen LogP contribution is -1.99. The summed E-state index contributed by atoms with van der Waals surface area (Å²) in [5.41, 5.74) is 0.764. The number of methoxy groups -OCH3 is 1. The maximum Gasteiger partial charge on any atom is 0.129 e. The van der Waals surface area contributed by atoms with Crippen LogP contribution in [0.15, 0.2) is 18.2 Å². The molecule has 0 saturated carbocycles. The molecule has 0 radical (unpaired) electrons. The molecule has 0 amide bonds. The molecule has 0 fully saturated rings. The second kappa shape index (κ2) is 2.68. The zero-order valence-corrected chi connectivity index (χ0v) is 6.78. The Bertz CT molecular complexity index is 296. The first-order valence-corrected chi connectivity index (χ1v) is 3.80. The Morgan fingerprint density at radius 3 is 3.17 bits per heavy atom. The molecule has 1 N–H and O–H groups in total. The molecule has 1 aromatic rings.